The molecule has 0 bridgehead atoms. The van der Waals surface area contributed by atoms with Gasteiger partial charge in [-0.15, -0.1) is 4.73 Å². The Morgan fingerprint density at radius 2 is 1.60 bits per heavy atom. The lowest BCUT2D eigenvalue weighted by molar-refractivity contribution is 0.267. The molecule has 0 radical (unpaired) electrons. The summed E-state index contributed by atoms with van der Waals surface area (Å²) in [4.78, 5) is 0. The minimum absolute atomic E-state index is 0. The second-order valence-corrected chi connectivity index (χ2v) is 7.03. The van der Waals surface area contributed by atoms with E-state index in [0.717, 1.165) is 17.2 Å². The molecule has 0 aliphatic carbocycles. The first-order valence-electron chi connectivity index (χ1n) is 5.06. The molecule has 8 nitrogen and oxygen atoms in total. The molecule has 0 aliphatic rings. The van der Waals surface area contributed by atoms with Gasteiger partial charge in [-0.1, -0.05) is 18.2 Å². The Morgan fingerprint density at radius 1 is 1.00 bits per heavy atom. The second-order valence-electron chi connectivity index (χ2n) is 3.90. The van der Waals surface area contributed by atoms with Gasteiger partial charge in [0.15, 0.2) is 0 Å². The summed E-state index contributed by atoms with van der Waals surface area (Å²) in [5.41, 5.74) is 0.381. The van der Waals surface area contributed by atoms with Gasteiger partial charge < -0.3 is 9.66 Å². The Labute approximate surface area is 116 Å². The molecule has 0 fully saturated rings. The number of nitrogens with zero attached hydrogens (tertiary/aromatic N) is 1. The topological polar surface area (TPSA) is 123 Å². The molecule has 1 aromatic carbocycles. The number of hydrogen-bond acceptors (Lipinski definition) is 6. The molecule has 10 heteroatoms. The molecule has 0 saturated heterocycles. The summed E-state index contributed by atoms with van der Waals surface area (Å²) in [6, 6.07) is 8.01. The molecule has 0 saturated carbocycles. The smallest absolute Gasteiger partial charge is 0.324 e. The van der Waals surface area contributed by atoms with Crippen LogP contribution >= 0.6 is 0 Å². The van der Waals surface area contributed by atoms with E-state index in [0.29, 0.717) is 10.9 Å². The third kappa shape index (κ3) is 3.85. The van der Waals surface area contributed by atoms with E-state index < -0.39 is 20.2 Å². The van der Waals surface area contributed by atoms with Gasteiger partial charge in [0.2, 0.25) is 5.88 Å². The van der Waals surface area contributed by atoms with Crippen molar-refractivity contribution in [2.45, 2.75) is 0 Å². The molecule has 0 atom stereocenters. The Morgan fingerprint density at radius 3 is 2.15 bits per heavy atom. The lowest BCUT2D eigenvalue weighted by Crippen LogP contribution is -2.20. The molecular formula is C10H13NO7S2. The van der Waals surface area contributed by atoms with Crippen LogP contribution in [0.4, 0.5) is 0 Å². The van der Waals surface area contributed by atoms with Crippen molar-refractivity contribution in [3.63, 3.8) is 0 Å². The average molecular weight is 323 g/mol. The molecule has 2 aromatic rings. The summed E-state index contributed by atoms with van der Waals surface area (Å²) in [5, 5.41) is 0.588. The Bertz CT molecular complexity index is 820. The predicted octanol–water partition coefficient (Wildman–Crippen LogP) is -0.457. The highest BCUT2D eigenvalue weighted by molar-refractivity contribution is 7.86. The average Bonchev–Trinajstić information content (AvgIpc) is 2.52. The van der Waals surface area contributed by atoms with Gasteiger partial charge in [-0.2, -0.15) is 16.8 Å². The zero-order valence-electron chi connectivity index (χ0n) is 10.6. The lowest BCUT2D eigenvalue weighted by atomic mass is 10.3. The highest BCUT2D eigenvalue weighted by Crippen LogP contribution is 2.25. The van der Waals surface area contributed by atoms with Gasteiger partial charge in [-0.25, -0.2) is 0 Å². The van der Waals surface area contributed by atoms with Gasteiger partial charge in [0.25, 0.3) is 0 Å². The van der Waals surface area contributed by atoms with Gasteiger partial charge >= 0.3 is 20.2 Å². The molecule has 1 heterocycles. The van der Waals surface area contributed by atoms with Crippen molar-refractivity contribution < 1.29 is 30.8 Å². The number of fused-ring (bicyclic) bond motifs is 1. The summed E-state index contributed by atoms with van der Waals surface area (Å²) in [7, 11) is -7.63. The first kappa shape index (κ1) is 16.3. The van der Waals surface area contributed by atoms with Crippen LogP contribution in [0.15, 0.2) is 30.3 Å². The monoisotopic (exact) mass is 323 g/mol. The van der Waals surface area contributed by atoms with Crippen LogP contribution < -0.4 is 8.47 Å². The Kier molecular flexibility index (Phi) is 4.32. The van der Waals surface area contributed by atoms with E-state index >= 15 is 0 Å². The van der Waals surface area contributed by atoms with Crippen molar-refractivity contribution in [2.24, 2.45) is 0 Å². The predicted molar refractivity (Wildman–Crippen MR) is 72.4 cm³/mol. The summed E-state index contributed by atoms with van der Waals surface area (Å²) in [5.74, 6) is -0.228. The molecule has 2 rings (SSSR count). The molecular weight excluding hydrogens is 310 g/mol. The van der Waals surface area contributed by atoms with Crippen LogP contribution in [0.3, 0.4) is 0 Å². The van der Waals surface area contributed by atoms with E-state index in [1.165, 1.54) is 6.07 Å². The Balaban J connectivity index is 0.00000200. The summed E-state index contributed by atoms with van der Waals surface area (Å²) >= 11 is 0. The van der Waals surface area contributed by atoms with Gasteiger partial charge in [-0.05, 0) is 6.07 Å². The fourth-order valence-corrected chi connectivity index (χ4v) is 2.38. The number of rotatable bonds is 4. The molecule has 0 unspecified atom stereocenters. The van der Waals surface area contributed by atoms with Crippen molar-refractivity contribution in [3.8, 4) is 5.88 Å². The van der Waals surface area contributed by atoms with Gasteiger partial charge in [0.05, 0.1) is 18.0 Å². The van der Waals surface area contributed by atoms with E-state index in [9.17, 15) is 16.8 Å². The fourth-order valence-electron chi connectivity index (χ4n) is 1.53. The number of para-hydroxylation sites is 1. The van der Waals surface area contributed by atoms with Crippen LogP contribution in [0.1, 0.15) is 0 Å². The molecule has 20 heavy (non-hydrogen) atoms. The van der Waals surface area contributed by atoms with E-state index in [2.05, 4.69) is 0 Å². The van der Waals surface area contributed by atoms with Crippen molar-refractivity contribution >= 4 is 31.1 Å². The molecule has 2 N–H and O–H groups in total. The number of hydrogen-bond donors (Lipinski definition) is 0. The van der Waals surface area contributed by atoms with E-state index in [4.69, 9.17) is 8.47 Å². The Hall–Kier alpha value is -1.78. The number of benzene rings is 1. The van der Waals surface area contributed by atoms with Crippen LogP contribution in [0.5, 0.6) is 5.88 Å². The van der Waals surface area contributed by atoms with E-state index in [1.807, 2.05) is 0 Å². The van der Waals surface area contributed by atoms with Crippen molar-refractivity contribution in [1.29, 1.82) is 0 Å². The molecule has 112 valence electrons. The zero-order valence-corrected chi connectivity index (χ0v) is 12.2. The van der Waals surface area contributed by atoms with Crippen molar-refractivity contribution in [1.82, 2.24) is 4.73 Å². The molecule has 0 spiro atoms. The summed E-state index contributed by atoms with van der Waals surface area (Å²) < 4.78 is 55.0. The van der Waals surface area contributed by atoms with Crippen LogP contribution in [0, 0.1) is 0 Å². The van der Waals surface area contributed by atoms with Gasteiger partial charge in [-0.3, -0.25) is 4.28 Å². The minimum atomic E-state index is -3.83. The molecule has 0 amide bonds. The first-order chi connectivity index (χ1) is 8.66. The van der Waals surface area contributed by atoms with E-state index in [-0.39, 0.29) is 11.4 Å². The maximum atomic E-state index is 11.2. The van der Waals surface area contributed by atoms with Crippen molar-refractivity contribution in [2.75, 3.05) is 12.5 Å². The summed E-state index contributed by atoms with van der Waals surface area (Å²) in [6.07, 6.45) is 1.71. The van der Waals surface area contributed by atoms with Crippen LogP contribution in [0.2, 0.25) is 0 Å². The fraction of sp³-hybridized carbons (Fsp3) is 0.200. The number of aromatic nitrogens is 1. The molecule has 0 aliphatic heterocycles. The first-order valence-corrected chi connectivity index (χ1v) is 8.69. The lowest BCUT2D eigenvalue weighted by Gasteiger charge is -2.08. The maximum Gasteiger partial charge on any atom is 0.324 e. The largest absolute Gasteiger partial charge is 0.412 e. The standard InChI is InChI=1S/C10H11NO6S2.H2O/c1-18(12,13)16-10-7-8-5-3-4-6-9(8)11(10)17-19(2,14)15;/h3-7H,1-2H3;1H2. The van der Waals surface area contributed by atoms with Crippen LogP contribution in [0.25, 0.3) is 10.9 Å². The van der Waals surface area contributed by atoms with Gasteiger partial charge in [0.1, 0.15) is 0 Å². The van der Waals surface area contributed by atoms with Crippen LogP contribution in [-0.2, 0) is 20.2 Å². The van der Waals surface area contributed by atoms with Crippen molar-refractivity contribution in [3.05, 3.63) is 30.3 Å². The third-order valence-corrected chi connectivity index (χ3v) is 2.97. The van der Waals surface area contributed by atoms with E-state index in [1.54, 1.807) is 24.3 Å². The highest BCUT2D eigenvalue weighted by Gasteiger charge is 2.18. The van der Waals surface area contributed by atoms with Crippen LogP contribution in [-0.4, -0.2) is 39.6 Å². The molecule has 1 aromatic heterocycles. The normalized spacial score (nSPS) is 11.9. The second kappa shape index (κ2) is 5.31. The third-order valence-electron chi connectivity index (χ3n) is 2.08. The quantitative estimate of drug-likeness (QED) is 0.702. The maximum absolute atomic E-state index is 11.2. The minimum Gasteiger partial charge on any atom is -0.412 e. The SMILES string of the molecule is CS(=O)(=O)Oc1cc2ccccc2n1OS(C)(=O)=O.O. The summed E-state index contributed by atoms with van der Waals surface area (Å²) in [6.45, 7) is 0. The van der Waals surface area contributed by atoms with Gasteiger partial charge in [0, 0.05) is 11.5 Å². The highest BCUT2D eigenvalue weighted by atomic mass is 32.2. The zero-order chi connectivity index (χ0) is 14.3.